The number of aromatic amines is 1. The van der Waals surface area contributed by atoms with Crippen molar-refractivity contribution >= 4 is 23.1 Å². The van der Waals surface area contributed by atoms with Crippen LogP contribution in [0.3, 0.4) is 0 Å². The molecular formula is C26H27N3O2S. The first-order valence-electron chi connectivity index (χ1n) is 11.5. The molecule has 1 saturated carbocycles. The van der Waals surface area contributed by atoms with Crippen LogP contribution in [-0.2, 0) is 6.42 Å². The van der Waals surface area contributed by atoms with Gasteiger partial charge in [0.25, 0.3) is 0 Å². The molecule has 2 aromatic heterocycles. The van der Waals surface area contributed by atoms with Crippen LogP contribution < -0.4 is 4.74 Å². The van der Waals surface area contributed by atoms with E-state index >= 15 is 0 Å². The number of H-pyrrole nitrogens is 1. The molecule has 1 unspecified atom stereocenters. The lowest BCUT2D eigenvalue weighted by Crippen LogP contribution is -2.22. The SMILES string of the molecule is COc1cccc(C2c3[nH]c4ccccc4c3Cc3c(O)n(C4CCCCC4)c(=S)n32)c1. The lowest BCUT2D eigenvalue weighted by atomic mass is 9.93. The summed E-state index contributed by atoms with van der Waals surface area (Å²) in [5, 5.41) is 12.7. The van der Waals surface area contributed by atoms with E-state index in [0.717, 1.165) is 41.1 Å². The summed E-state index contributed by atoms with van der Waals surface area (Å²) in [7, 11) is 1.69. The number of aromatic hydroxyl groups is 1. The first-order valence-corrected chi connectivity index (χ1v) is 11.9. The minimum absolute atomic E-state index is 0.139. The van der Waals surface area contributed by atoms with Crippen LogP contribution in [0.1, 0.15) is 66.7 Å². The van der Waals surface area contributed by atoms with E-state index in [2.05, 4.69) is 45.9 Å². The molecule has 0 spiro atoms. The van der Waals surface area contributed by atoms with Crippen LogP contribution in [0.4, 0.5) is 0 Å². The monoisotopic (exact) mass is 445 g/mol. The molecule has 2 N–H and O–H groups in total. The van der Waals surface area contributed by atoms with Crippen LogP contribution in [0.5, 0.6) is 11.6 Å². The number of aromatic nitrogens is 3. The van der Waals surface area contributed by atoms with E-state index in [-0.39, 0.29) is 12.1 Å². The highest BCUT2D eigenvalue weighted by atomic mass is 32.1. The number of fused-ring (bicyclic) bond motifs is 4. The smallest absolute Gasteiger partial charge is 0.214 e. The quantitative estimate of drug-likeness (QED) is 0.322. The number of hydrogen-bond acceptors (Lipinski definition) is 3. The largest absolute Gasteiger partial charge is 0.497 e. The predicted octanol–water partition coefficient (Wildman–Crippen LogP) is 6.26. The molecule has 6 heteroatoms. The summed E-state index contributed by atoms with van der Waals surface area (Å²) in [6, 6.07) is 16.7. The summed E-state index contributed by atoms with van der Waals surface area (Å²) in [6.45, 7) is 0. The number of rotatable bonds is 3. The fraction of sp³-hybridized carbons (Fsp3) is 0.346. The molecule has 0 radical (unpaired) electrons. The van der Waals surface area contributed by atoms with Crippen molar-refractivity contribution in [2.24, 2.45) is 0 Å². The molecule has 1 aliphatic heterocycles. The van der Waals surface area contributed by atoms with Gasteiger partial charge in [-0.1, -0.05) is 49.6 Å². The lowest BCUT2D eigenvalue weighted by molar-refractivity contribution is 0.309. The maximum absolute atomic E-state index is 11.4. The zero-order valence-corrected chi connectivity index (χ0v) is 19.0. The molecule has 6 rings (SSSR count). The minimum atomic E-state index is -0.139. The molecule has 3 heterocycles. The Bertz CT molecular complexity index is 1370. The van der Waals surface area contributed by atoms with Crippen molar-refractivity contribution in [1.29, 1.82) is 0 Å². The molecule has 0 bridgehead atoms. The van der Waals surface area contributed by atoms with Gasteiger partial charge in [-0.2, -0.15) is 0 Å². The first-order chi connectivity index (χ1) is 15.7. The van der Waals surface area contributed by atoms with Crippen LogP contribution in [-0.4, -0.2) is 26.3 Å². The molecular weight excluding hydrogens is 418 g/mol. The van der Waals surface area contributed by atoms with Gasteiger partial charge < -0.3 is 19.4 Å². The summed E-state index contributed by atoms with van der Waals surface area (Å²) < 4.78 is 10.4. The zero-order chi connectivity index (χ0) is 21.8. The molecule has 5 nitrogen and oxygen atoms in total. The molecule has 1 atom stereocenters. The third-order valence-corrected chi connectivity index (χ3v) is 7.65. The Morgan fingerprint density at radius 2 is 1.84 bits per heavy atom. The molecule has 4 aromatic rings. The second-order valence-corrected chi connectivity index (χ2v) is 9.37. The van der Waals surface area contributed by atoms with Gasteiger partial charge in [0.2, 0.25) is 5.88 Å². The van der Waals surface area contributed by atoms with E-state index in [4.69, 9.17) is 17.0 Å². The Labute approximate surface area is 192 Å². The zero-order valence-electron chi connectivity index (χ0n) is 18.2. The van der Waals surface area contributed by atoms with Gasteiger partial charge in [-0.3, -0.25) is 4.57 Å². The van der Waals surface area contributed by atoms with E-state index < -0.39 is 0 Å². The second-order valence-electron chi connectivity index (χ2n) is 9.00. The third-order valence-electron chi connectivity index (χ3n) is 7.26. The van der Waals surface area contributed by atoms with Gasteiger partial charge in [0.1, 0.15) is 11.8 Å². The van der Waals surface area contributed by atoms with Gasteiger partial charge in [0.05, 0.1) is 12.8 Å². The van der Waals surface area contributed by atoms with Gasteiger partial charge in [-0.05, 0) is 54.4 Å². The summed E-state index contributed by atoms with van der Waals surface area (Å²) in [5.74, 6) is 1.15. The van der Waals surface area contributed by atoms with E-state index in [1.165, 1.54) is 30.2 Å². The van der Waals surface area contributed by atoms with Crippen LogP contribution in [0, 0.1) is 4.77 Å². The predicted molar refractivity (Wildman–Crippen MR) is 128 cm³/mol. The van der Waals surface area contributed by atoms with Crippen LogP contribution in [0.15, 0.2) is 48.5 Å². The number of nitrogens with one attached hydrogen (secondary N) is 1. The Hall–Kier alpha value is -2.99. The topological polar surface area (TPSA) is 55.1 Å². The average Bonchev–Trinajstić information content (AvgIpc) is 3.33. The van der Waals surface area contributed by atoms with Crippen LogP contribution in [0.2, 0.25) is 0 Å². The fourth-order valence-electron chi connectivity index (χ4n) is 5.74. The van der Waals surface area contributed by atoms with Gasteiger partial charge >= 0.3 is 0 Å². The number of benzene rings is 2. The van der Waals surface area contributed by atoms with Gasteiger partial charge in [-0.15, -0.1) is 0 Å². The van der Waals surface area contributed by atoms with E-state index in [1.807, 2.05) is 16.7 Å². The number of ether oxygens (including phenoxy) is 1. The van der Waals surface area contributed by atoms with Crippen molar-refractivity contribution in [2.45, 2.75) is 50.6 Å². The van der Waals surface area contributed by atoms with Crippen LogP contribution in [0.25, 0.3) is 10.9 Å². The molecule has 1 aliphatic carbocycles. The Morgan fingerprint density at radius 3 is 2.66 bits per heavy atom. The number of para-hydroxylation sites is 1. The highest BCUT2D eigenvalue weighted by Gasteiger charge is 2.35. The summed E-state index contributed by atoms with van der Waals surface area (Å²) in [6.07, 6.45) is 6.45. The summed E-state index contributed by atoms with van der Waals surface area (Å²) >= 11 is 6.05. The lowest BCUT2D eigenvalue weighted by Gasteiger charge is -2.27. The Balaban J connectivity index is 1.62. The Kier molecular flexibility index (Phi) is 4.65. The highest BCUT2D eigenvalue weighted by Crippen LogP contribution is 2.45. The van der Waals surface area contributed by atoms with Crippen LogP contribution >= 0.6 is 12.2 Å². The van der Waals surface area contributed by atoms with Crippen molar-refractivity contribution in [3.63, 3.8) is 0 Å². The van der Waals surface area contributed by atoms with Crippen molar-refractivity contribution in [2.75, 3.05) is 7.11 Å². The molecule has 32 heavy (non-hydrogen) atoms. The maximum Gasteiger partial charge on any atom is 0.214 e. The van der Waals surface area contributed by atoms with Gasteiger partial charge in [-0.25, -0.2) is 0 Å². The molecule has 0 saturated heterocycles. The van der Waals surface area contributed by atoms with Crippen molar-refractivity contribution < 1.29 is 9.84 Å². The van der Waals surface area contributed by atoms with E-state index in [9.17, 15) is 5.11 Å². The molecule has 0 amide bonds. The fourth-order valence-corrected chi connectivity index (χ4v) is 6.19. The highest BCUT2D eigenvalue weighted by molar-refractivity contribution is 7.71. The maximum atomic E-state index is 11.4. The normalized spacial score (nSPS) is 18.5. The van der Waals surface area contributed by atoms with Gasteiger partial charge in [0, 0.05) is 29.1 Å². The van der Waals surface area contributed by atoms with E-state index in [0.29, 0.717) is 17.1 Å². The van der Waals surface area contributed by atoms with Gasteiger partial charge in [0.15, 0.2) is 4.77 Å². The van der Waals surface area contributed by atoms with E-state index in [1.54, 1.807) is 7.11 Å². The molecule has 2 aliphatic rings. The average molecular weight is 446 g/mol. The number of methoxy groups -OCH3 is 1. The Morgan fingerprint density at radius 1 is 1.03 bits per heavy atom. The molecule has 1 fully saturated rings. The number of hydrogen-bond donors (Lipinski definition) is 2. The summed E-state index contributed by atoms with van der Waals surface area (Å²) in [4.78, 5) is 3.68. The second kappa shape index (κ2) is 7.55. The number of imidazole rings is 1. The van der Waals surface area contributed by atoms with Crippen molar-refractivity contribution in [1.82, 2.24) is 14.1 Å². The standard InChI is InChI=1S/C26H27N3O2S/c1-31-18-11-7-8-16(14-18)24-23-20(19-12-5-6-13-21(19)27-23)15-22-25(30)28(26(32)29(22)24)17-9-3-2-4-10-17/h5-8,11-14,17,24,27,30H,2-4,9-10,15H2,1H3. The molecule has 2 aromatic carbocycles. The molecule has 164 valence electrons. The summed E-state index contributed by atoms with van der Waals surface area (Å²) in [5.41, 5.74) is 5.49. The minimum Gasteiger partial charge on any atom is -0.497 e. The van der Waals surface area contributed by atoms with Crippen molar-refractivity contribution in [3.05, 3.63) is 75.8 Å². The first kappa shape index (κ1) is 19.7. The van der Waals surface area contributed by atoms with Crippen molar-refractivity contribution in [3.8, 4) is 11.6 Å². The third kappa shape index (κ3) is 2.85. The number of nitrogens with zero attached hydrogens (tertiary/aromatic N) is 2.